The number of pyridine rings is 2. The van der Waals surface area contributed by atoms with Crippen molar-refractivity contribution in [2.75, 3.05) is 45.4 Å². The Labute approximate surface area is 211 Å². The first-order valence-corrected chi connectivity index (χ1v) is 12.5. The number of piperazine rings is 1. The molecule has 0 N–H and O–H groups in total. The number of amides is 1. The lowest BCUT2D eigenvalue weighted by Gasteiger charge is -2.41. The second kappa shape index (κ2) is 10.1. The van der Waals surface area contributed by atoms with Gasteiger partial charge in [-0.15, -0.1) is 0 Å². The van der Waals surface area contributed by atoms with Crippen molar-refractivity contribution in [2.45, 2.75) is 38.1 Å². The van der Waals surface area contributed by atoms with Crippen molar-refractivity contribution in [3.63, 3.8) is 0 Å². The van der Waals surface area contributed by atoms with Gasteiger partial charge in [0, 0.05) is 55.9 Å². The van der Waals surface area contributed by atoms with Crippen LogP contribution in [0.15, 0.2) is 36.5 Å². The minimum atomic E-state index is 0.0264. The van der Waals surface area contributed by atoms with E-state index in [0.717, 1.165) is 46.3 Å². The van der Waals surface area contributed by atoms with E-state index in [1.165, 1.54) is 0 Å². The molecule has 1 atom stereocenters. The van der Waals surface area contributed by atoms with E-state index in [0.29, 0.717) is 50.0 Å². The molecule has 1 saturated heterocycles. The molecule has 1 amide bonds. The molecule has 186 valence electrons. The molecule has 0 spiro atoms. The zero-order chi connectivity index (χ0) is 25.2. The molecule has 1 saturated carbocycles. The largest absolute Gasteiger partial charge is 0.481 e. The lowest BCUT2D eigenvalue weighted by Crippen LogP contribution is -2.54. The smallest absolute Gasteiger partial charge is 0.225 e. The van der Waals surface area contributed by atoms with Crippen LogP contribution in [0.1, 0.15) is 43.4 Å². The highest BCUT2D eigenvalue weighted by atomic mass is 16.5. The molecule has 8 nitrogen and oxygen atoms in total. The van der Waals surface area contributed by atoms with Gasteiger partial charge in [-0.25, -0.2) is 9.97 Å². The maximum Gasteiger partial charge on any atom is 0.225 e. The third-order valence-corrected chi connectivity index (χ3v) is 7.14. The summed E-state index contributed by atoms with van der Waals surface area (Å²) in [6, 6.07) is 12.5. The van der Waals surface area contributed by atoms with Crippen LogP contribution in [0.4, 0.5) is 5.82 Å². The van der Waals surface area contributed by atoms with Gasteiger partial charge in [-0.1, -0.05) is 12.1 Å². The molecule has 36 heavy (non-hydrogen) atoms. The molecule has 8 heteroatoms. The average molecular weight is 486 g/mol. The third-order valence-electron chi connectivity index (χ3n) is 7.14. The number of hydrogen-bond donors (Lipinski definition) is 0. The van der Waals surface area contributed by atoms with Gasteiger partial charge < -0.3 is 19.3 Å². The zero-order valence-corrected chi connectivity index (χ0v) is 21.0. The number of hydrogen-bond acceptors (Lipinski definition) is 7. The molecule has 0 radical (unpaired) electrons. The van der Waals surface area contributed by atoms with Crippen molar-refractivity contribution in [1.82, 2.24) is 14.9 Å². The van der Waals surface area contributed by atoms with Gasteiger partial charge >= 0.3 is 0 Å². The predicted molar refractivity (Wildman–Crippen MR) is 138 cm³/mol. The van der Waals surface area contributed by atoms with Crippen LogP contribution in [0, 0.1) is 11.3 Å². The number of carbonyl (C=O) groups excluding carboxylic acids is 1. The van der Waals surface area contributed by atoms with Crippen LogP contribution < -0.4 is 9.64 Å². The number of nitriles is 1. The summed E-state index contributed by atoms with van der Waals surface area (Å²) < 4.78 is 10.6. The molecule has 0 unspecified atom stereocenters. The highest BCUT2D eigenvalue weighted by molar-refractivity contribution is 5.99. The second-order valence-corrected chi connectivity index (χ2v) is 9.52. The molecule has 1 aliphatic carbocycles. The lowest BCUT2D eigenvalue weighted by atomic mass is 9.95. The molecule has 2 fully saturated rings. The van der Waals surface area contributed by atoms with E-state index in [4.69, 9.17) is 14.5 Å². The summed E-state index contributed by atoms with van der Waals surface area (Å²) in [6.07, 6.45) is 4.33. The van der Waals surface area contributed by atoms with Gasteiger partial charge in [-0.05, 0) is 48.9 Å². The Kier molecular flexibility index (Phi) is 6.75. The van der Waals surface area contributed by atoms with Crippen molar-refractivity contribution in [2.24, 2.45) is 0 Å². The first-order valence-electron chi connectivity index (χ1n) is 12.5. The summed E-state index contributed by atoms with van der Waals surface area (Å²) in [5, 5.41) is 12.1. The molecular formula is C28H31N5O3. The van der Waals surface area contributed by atoms with Crippen LogP contribution in [-0.4, -0.2) is 67.3 Å². The molecule has 1 aliphatic heterocycles. The Morgan fingerprint density at radius 1 is 1.17 bits per heavy atom. The zero-order valence-electron chi connectivity index (χ0n) is 21.0. The minimum absolute atomic E-state index is 0.0264. The number of nitrogens with zero attached hydrogens (tertiary/aromatic N) is 5. The van der Waals surface area contributed by atoms with Crippen LogP contribution in [0.2, 0.25) is 0 Å². The van der Waals surface area contributed by atoms with Gasteiger partial charge in [0.25, 0.3) is 0 Å². The van der Waals surface area contributed by atoms with E-state index in [-0.39, 0.29) is 11.9 Å². The minimum Gasteiger partial charge on any atom is -0.481 e. The maximum atomic E-state index is 12.6. The van der Waals surface area contributed by atoms with Crippen molar-refractivity contribution in [3.05, 3.63) is 47.8 Å². The van der Waals surface area contributed by atoms with E-state index in [1.807, 2.05) is 29.2 Å². The quantitative estimate of drug-likeness (QED) is 0.497. The number of aromatic nitrogens is 2. The van der Waals surface area contributed by atoms with E-state index >= 15 is 0 Å². The second-order valence-electron chi connectivity index (χ2n) is 9.52. The van der Waals surface area contributed by atoms with Crippen LogP contribution in [0.5, 0.6) is 5.88 Å². The fraction of sp³-hybridized carbons (Fsp3) is 0.429. The predicted octanol–water partition coefficient (Wildman–Crippen LogP) is 4.13. The van der Waals surface area contributed by atoms with E-state index in [2.05, 4.69) is 28.9 Å². The Morgan fingerprint density at radius 2 is 2.00 bits per heavy atom. The summed E-state index contributed by atoms with van der Waals surface area (Å²) in [5.41, 5.74) is 3.63. The van der Waals surface area contributed by atoms with Crippen molar-refractivity contribution in [1.29, 1.82) is 5.26 Å². The molecule has 3 aromatic rings. The number of anilines is 1. The van der Waals surface area contributed by atoms with Crippen molar-refractivity contribution < 1.29 is 14.3 Å². The van der Waals surface area contributed by atoms with Crippen LogP contribution in [0.25, 0.3) is 21.9 Å². The van der Waals surface area contributed by atoms with Crippen LogP contribution in [0.3, 0.4) is 0 Å². The van der Waals surface area contributed by atoms with Gasteiger partial charge in [0.2, 0.25) is 11.8 Å². The van der Waals surface area contributed by atoms with Gasteiger partial charge in [0.1, 0.15) is 11.9 Å². The maximum absolute atomic E-state index is 12.6. The third kappa shape index (κ3) is 4.47. The highest BCUT2D eigenvalue weighted by Gasteiger charge is 2.33. The van der Waals surface area contributed by atoms with E-state index in [1.54, 1.807) is 20.4 Å². The fourth-order valence-electron chi connectivity index (χ4n) is 5.16. The SMILES string of the molecule is COCCC(=O)N1CCN(c2nc(C3CC3)c(-c3cccc4c(OC)nccc34)cc2C#N)C[C@H]1C. The molecule has 1 aromatic carbocycles. The molecule has 3 heterocycles. The summed E-state index contributed by atoms with van der Waals surface area (Å²) in [5.74, 6) is 1.80. The van der Waals surface area contributed by atoms with Crippen LogP contribution in [-0.2, 0) is 9.53 Å². The van der Waals surface area contributed by atoms with E-state index < -0.39 is 0 Å². The lowest BCUT2D eigenvalue weighted by molar-refractivity contribution is -0.134. The number of rotatable bonds is 7. The van der Waals surface area contributed by atoms with Gasteiger partial charge in [0.15, 0.2) is 0 Å². The summed E-state index contributed by atoms with van der Waals surface area (Å²) in [7, 11) is 3.23. The summed E-state index contributed by atoms with van der Waals surface area (Å²) in [4.78, 5) is 26.2. The van der Waals surface area contributed by atoms with Crippen molar-refractivity contribution >= 4 is 22.5 Å². The number of carbonyl (C=O) groups is 1. The first-order chi connectivity index (χ1) is 17.5. The monoisotopic (exact) mass is 485 g/mol. The van der Waals surface area contributed by atoms with Gasteiger partial charge in [-0.2, -0.15) is 5.26 Å². The molecule has 5 rings (SSSR count). The first kappa shape index (κ1) is 24.0. The summed E-state index contributed by atoms with van der Waals surface area (Å²) in [6.45, 7) is 4.37. The fourth-order valence-corrected chi connectivity index (χ4v) is 5.16. The van der Waals surface area contributed by atoms with Gasteiger partial charge in [-0.3, -0.25) is 4.79 Å². The average Bonchev–Trinajstić information content (AvgIpc) is 3.75. The van der Waals surface area contributed by atoms with Crippen molar-refractivity contribution in [3.8, 4) is 23.1 Å². The Balaban J connectivity index is 1.52. The Hall–Kier alpha value is -3.70. The van der Waals surface area contributed by atoms with Gasteiger partial charge in [0.05, 0.1) is 31.4 Å². The molecule has 2 aliphatic rings. The summed E-state index contributed by atoms with van der Waals surface area (Å²) >= 11 is 0. The Bertz CT molecular complexity index is 1330. The standard InChI is InChI=1S/C28H31N5O3/c1-18-17-32(12-13-33(18)25(34)10-14-35-2)27-20(16-29)15-24(26(31-27)19-7-8-19)21-5-4-6-23-22(21)9-11-30-28(23)36-3/h4-6,9,11,15,18-19H,7-8,10,12-14,17H2,1-3H3/t18-/m1/s1. The Morgan fingerprint density at radius 3 is 2.69 bits per heavy atom. The number of ether oxygens (including phenoxy) is 2. The number of fused-ring (bicyclic) bond motifs is 1. The number of methoxy groups -OCH3 is 2. The molecule has 0 bridgehead atoms. The van der Waals surface area contributed by atoms with E-state index in [9.17, 15) is 10.1 Å². The van der Waals surface area contributed by atoms with Crippen LogP contribution >= 0.6 is 0 Å². The molecular weight excluding hydrogens is 454 g/mol. The molecule has 2 aromatic heterocycles. The highest BCUT2D eigenvalue weighted by Crippen LogP contribution is 2.46. The normalized spacial score (nSPS) is 17.8. The number of benzene rings is 1. The topological polar surface area (TPSA) is 91.6 Å².